The summed E-state index contributed by atoms with van der Waals surface area (Å²) in [7, 11) is 0. The highest BCUT2D eigenvalue weighted by molar-refractivity contribution is 6.28. The smallest absolute Gasteiger partial charge is 0.235 e. The maximum atomic E-state index is 5.90. The highest BCUT2D eigenvalue weighted by Gasteiger charge is 2.18. The van der Waals surface area contributed by atoms with Crippen molar-refractivity contribution >= 4 is 55.2 Å². The van der Waals surface area contributed by atoms with Gasteiger partial charge in [0.25, 0.3) is 0 Å². The van der Waals surface area contributed by atoms with Gasteiger partial charge in [-0.1, -0.05) is 212 Å². The Kier molecular flexibility index (Phi) is 12.9. The molecule has 6 nitrogen and oxygen atoms in total. The Balaban J connectivity index is 0.000000197. The summed E-state index contributed by atoms with van der Waals surface area (Å²) in [5.41, 5.74) is 21.3. The molecule has 81 heavy (non-hydrogen) atoms. The number of rotatable bonds is 9. The minimum Gasteiger partial charge on any atom is -0.309 e. The molecule has 15 rings (SSSR count). The standard InChI is InChI=1S/C52H34N4.C22H15ClN2/c1-3-12-35(13-4-1)36-22-24-37(25-23-36)38-14-11-15-41(32-38)47-30-31-53-52(54-47)56-49-21-10-8-19-44(49)46-34-40(27-29-51(46)56)39-26-28-50-45(33-39)43-18-7-9-20-48(43)55(50)42-16-5-2-6-17-42;23-22-24-14-13-21(25-22)20-8-4-7-19(15-20)18-11-9-17(10-12-18)16-5-2-1-3-6-16/h1-34H;1-15H. The Morgan fingerprint density at radius 1 is 0.247 bits per heavy atom. The van der Waals surface area contributed by atoms with Crippen molar-refractivity contribution < 1.29 is 0 Å². The Morgan fingerprint density at radius 3 is 1.12 bits per heavy atom. The van der Waals surface area contributed by atoms with E-state index >= 15 is 0 Å². The van der Waals surface area contributed by atoms with Crippen molar-refractivity contribution in [3.63, 3.8) is 0 Å². The number of nitrogens with zero attached hydrogens (tertiary/aromatic N) is 6. The molecule has 0 atom stereocenters. The average Bonchev–Trinajstić information content (AvgIpc) is 4.16. The zero-order chi connectivity index (χ0) is 54.1. The summed E-state index contributed by atoms with van der Waals surface area (Å²) in [5.74, 6) is 0.647. The molecular formula is C74H49ClN6. The molecule has 0 unspecified atom stereocenters. The minimum atomic E-state index is 0.259. The highest BCUT2D eigenvalue weighted by Crippen LogP contribution is 2.39. The third-order valence-electron chi connectivity index (χ3n) is 15.1. The summed E-state index contributed by atoms with van der Waals surface area (Å²) in [6, 6.07) is 100. The number of benzene rings is 11. The second-order valence-electron chi connectivity index (χ2n) is 20.0. The van der Waals surface area contributed by atoms with Crippen LogP contribution in [-0.4, -0.2) is 29.1 Å². The molecule has 7 heteroatoms. The molecule has 0 N–H and O–H groups in total. The number of hydrogen-bond donors (Lipinski definition) is 0. The fraction of sp³-hybridized carbons (Fsp3) is 0. The van der Waals surface area contributed by atoms with Gasteiger partial charge in [-0.15, -0.1) is 0 Å². The van der Waals surface area contributed by atoms with E-state index in [4.69, 9.17) is 21.6 Å². The average molecular weight is 1060 g/mol. The number of fused-ring (bicyclic) bond motifs is 6. The maximum Gasteiger partial charge on any atom is 0.235 e. The fourth-order valence-electron chi connectivity index (χ4n) is 11.2. The zero-order valence-electron chi connectivity index (χ0n) is 43.9. The van der Waals surface area contributed by atoms with E-state index in [-0.39, 0.29) is 5.28 Å². The summed E-state index contributed by atoms with van der Waals surface area (Å²) in [5, 5.41) is 5.08. The van der Waals surface area contributed by atoms with Gasteiger partial charge in [0.15, 0.2) is 0 Å². The van der Waals surface area contributed by atoms with E-state index in [1.54, 1.807) is 6.20 Å². The fourth-order valence-corrected chi connectivity index (χ4v) is 11.3. The molecule has 15 aromatic rings. The molecule has 0 saturated heterocycles. The third kappa shape index (κ3) is 9.60. The molecule has 0 aliphatic carbocycles. The van der Waals surface area contributed by atoms with Gasteiger partial charge in [-0.3, -0.25) is 4.57 Å². The van der Waals surface area contributed by atoms with E-state index in [0.29, 0.717) is 5.95 Å². The molecule has 0 aliphatic rings. The van der Waals surface area contributed by atoms with Crippen molar-refractivity contribution in [1.82, 2.24) is 29.1 Å². The van der Waals surface area contributed by atoms with Crippen LogP contribution in [0.3, 0.4) is 0 Å². The molecule has 382 valence electrons. The lowest BCUT2D eigenvalue weighted by Gasteiger charge is -2.10. The van der Waals surface area contributed by atoms with E-state index in [9.17, 15) is 0 Å². The van der Waals surface area contributed by atoms with Crippen LogP contribution in [0.15, 0.2) is 298 Å². The van der Waals surface area contributed by atoms with Crippen molar-refractivity contribution in [2.75, 3.05) is 0 Å². The van der Waals surface area contributed by atoms with E-state index in [0.717, 1.165) is 50.4 Å². The van der Waals surface area contributed by atoms with E-state index in [2.05, 4.69) is 268 Å². The zero-order valence-corrected chi connectivity index (χ0v) is 44.6. The normalized spacial score (nSPS) is 11.3. The molecule has 0 bridgehead atoms. The van der Waals surface area contributed by atoms with Crippen LogP contribution in [0, 0.1) is 0 Å². The van der Waals surface area contributed by atoms with Crippen molar-refractivity contribution in [2.24, 2.45) is 0 Å². The molecule has 0 fully saturated rings. The highest BCUT2D eigenvalue weighted by atomic mass is 35.5. The van der Waals surface area contributed by atoms with Crippen LogP contribution in [0.2, 0.25) is 5.28 Å². The minimum absolute atomic E-state index is 0.259. The molecule has 0 aliphatic heterocycles. The van der Waals surface area contributed by atoms with Crippen molar-refractivity contribution in [3.8, 4) is 89.8 Å². The molecule has 0 spiro atoms. The van der Waals surface area contributed by atoms with Crippen LogP contribution in [0.25, 0.3) is 133 Å². The van der Waals surface area contributed by atoms with E-state index in [1.165, 1.54) is 77.1 Å². The number of hydrogen-bond acceptors (Lipinski definition) is 4. The van der Waals surface area contributed by atoms with E-state index < -0.39 is 0 Å². The second-order valence-corrected chi connectivity index (χ2v) is 20.3. The first-order valence-electron chi connectivity index (χ1n) is 27.0. The lowest BCUT2D eigenvalue weighted by molar-refractivity contribution is 0.992. The lowest BCUT2D eigenvalue weighted by atomic mass is 9.98. The molecule has 4 heterocycles. The first-order chi connectivity index (χ1) is 40.1. The van der Waals surface area contributed by atoms with Gasteiger partial charge >= 0.3 is 0 Å². The first-order valence-corrected chi connectivity index (χ1v) is 27.4. The second kappa shape index (κ2) is 21.4. The lowest BCUT2D eigenvalue weighted by Crippen LogP contribution is -2.01. The van der Waals surface area contributed by atoms with Gasteiger partial charge in [0.2, 0.25) is 11.2 Å². The summed E-state index contributed by atoms with van der Waals surface area (Å²) in [4.78, 5) is 18.3. The SMILES string of the molecule is Clc1nccc(-c2cccc(-c3ccc(-c4ccccc4)cc3)c2)n1.c1ccc(-c2ccc(-c3cccc(-c4ccnc(-n5c6ccccc6c6cc(-c7ccc8c(c7)c7ccccc7n8-c7ccccc7)ccc65)n4)c3)cc2)cc1. The Morgan fingerprint density at radius 2 is 0.605 bits per heavy atom. The van der Waals surface area contributed by atoms with Gasteiger partial charge in [0.1, 0.15) is 0 Å². The van der Waals surface area contributed by atoms with Gasteiger partial charge < -0.3 is 4.57 Å². The predicted octanol–water partition coefficient (Wildman–Crippen LogP) is 19.5. The molecular weight excluding hydrogens is 1010 g/mol. The molecule has 0 amide bonds. The van der Waals surface area contributed by atoms with Gasteiger partial charge in [-0.2, -0.15) is 0 Å². The van der Waals surface area contributed by atoms with Crippen LogP contribution < -0.4 is 0 Å². The molecule has 11 aromatic carbocycles. The number of para-hydroxylation sites is 3. The summed E-state index contributed by atoms with van der Waals surface area (Å²) in [6.45, 7) is 0. The van der Waals surface area contributed by atoms with Crippen molar-refractivity contribution in [2.45, 2.75) is 0 Å². The van der Waals surface area contributed by atoms with Crippen LogP contribution in [-0.2, 0) is 0 Å². The number of aromatic nitrogens is 6. The predicted molar refractivity (Wildman–Crippen MR) is 336 cm³/mol. The maximum absolute atomic E-state index is 5.90. The van der Waals surface area contributed by atoms with Gasteiger partial charge in [0.05, 0.1) is 33.5 Å². The van der Waals surface area contributed by atoms with E-state index in [1.807, 2.05) is 42.6 Å². The first kappa shape index (κ1) is 48.8. The summed E-state index contributed by atoms with van der Waals surface area (Å²) < 4.78 is 4.56. The molecule has 4 aromatic heterocycles. The Labute approximate surface area is 474 Å². The Hall–Kier alpha value is -10.5. The third-order valence-corrected chi connectivity index (χ3v) is 15.3. The van der Waals surface area contributed by atoms with Gasteiger partial charge in [-0.25, -0.2) is 19.9 Å². The van der Waals surface area contributed by atoms with Crippen molar-refractivity contribution in [3.05, 3.63) is 303 Å². The molecule has 0 radical (unpaired) electrons. The quantitative estimate of drug-likeness (QED) is 0.135. The van der Waals surface area contributed by atoms with Crippen LogP contribution in [0.1, 0.15) is 0 Å². The largest absolute Gasteiger partial charge is 0.309 e. The Bertz CT molecular complexity index is 4740. The van der Waals surface area contributed by atoms with Crippen LogP contribution in [0.5, 0.6) is 0 Å². The molecule has 0 saturated carbocycles. The number of halogens is 1. The topological polar surface area (TPSA) is 61.4 Å². The van der Waals surface area contributed by atoms with Crippen LogP contribution >= 0.6 is 11.6 Å². The van der Waals surface area contributed by atoms with Crippen molar-refractivity contribution in [1.29, 1.82) is 0 Å². The summed E-state index contributed by atoms with van der Waals surface area (Å²) >= 11 is 5.90. The van der Waals surface area contributed by atoms with Crippen LogP contribution in [0.4, 0.5) is 0 Å². The summed E-state index contributed by atoms with van der Waals surface area (Å²) in [6.07, 6.45) is 3.54. The van der Waals surface area contributed by atoms with Gasteiger partial charge in [0, 0.05) is 50.8 Å². The monoisotopic (exact) mass is 1060 g/mol. The van der Waals surface area contributed by atoms with Gasteiger partial charge in [-0.05, 0) is 140 Å².